The van der Waals surface area contributed by atoms with Crippen LogP contribution in [0.3, 0.4) is 0 Å². The summed E-state index contributed by atoms with van der Waals surface area (Å²) in [6.45, 7) is -0.633. The second-order valence-corrected chi connectivity index (χ2v) is 9.45. The van der Waals surface area contributed by atoms with Crippen molar-refractivity contribution in [3.63, 3.8) is 0 Å². The number of aliphatic hydroxyl groups is 2. The lowest BCUT2D eigenvalue weighted by molar-refractivity contribution is -0.0224. The maximum absolute atomic E-state index is 13.6. The summed E-state index contributed by atoms with van der Waals surface area (Å²) in [6.07, 6.45) is 5.00. The Balaban J connectivity index is 1.39. The summed E-state index contributed by atoms with van der Waals surface area (Å²) < 4.78 is 15.3. The molecule has 0 spiro atoms. The average molecular weight is 408 g/mol. The second-order valence-electron chi connectivity index (χ2n) is 9.11. The molecule has 0 aromatic carbocycles. The first-order valence-electron chi connectivity index (χ1n) is 10.1. The van der Waals surface area contributed by atoms with Gasteiger partial charge in [-0.25, -0.2) is 4.98 Å². The zero-order valence-electron chi connectivity index (χ0n) is 15.3. The number of imidazole rings is 1. The minimum Gasteiger partial charge on any atom is -0.390 e. The van der Waals surface area contributed by atoms with Crippen LogP contribution in [0.25, 0.3) is 11.2 Å². The number of alkyl halides is 1. The van der Waals surface area contributed by atoms with Crippen LogP contribution in [0, 0.1) is 23.2 Å². The first-order chi connectivity index (χ1) is 13.5. The third kappa shape index (κ3) is 2.37. The molecule has 28 heavy (non-hydrogen) atoms. The molecule has 0 unspecified atom stereocenters. The van der Waals surface area contributed by atoms with Gasteiger partial charge in [-0.2, -0.15) is 9.97 Å². The topological polar surface area (TPSA) is 96.1 Å². The fourth-order valence-corrected chi connectivity index (χ4v) is 5.57. The summed E-state index contributed by atoms with van der Waals surface area (Å²) in [5, 5.41) is 24.6. The van der Waals surface area contributed by atoms with E-state index in [1.807, 2.05) is 0 Å². The van der Waals surface area contributed by atoms with Crippen molar-refractivity contribution in [3.05, 3.63) is 11.6 Å². The molecule has 7 nitrogen and oxygen atoms in total. The third-order valence-corrected chi connectivity index (χ3v) is 7.55. The molecule has 2 heterocycles. The Labute approximate surface area is 166 Å². The number of halogens is 2. The molecule has 150 valence electrons. The van der Waals surface area contributed by atoms with Gasteiger partial charge in [0.1, 0.15) is 6.10 Å². The van der Waals surface area contributed by atoms with Crippen LogP contribution < -0.4 is 5.32 Å². The Morgan fingerprint density at radius 1 is 1.25 bits per heavy atom. The highest BCUT2D eigenvalue weighted by Gasteiger charge is 2.71. The van der Waals surface area contributed by atoms with E-state index < -0.39 is 30.3 Å². The minimum atomic E-state index is -1.08. The standard InChI is InChI=1S/C19H23ClFN5O2/c20-18-24-16(23-11(8-1-2-8)9-3-4-9)12-17(25-18)26(7-22-12)13-10-5-19(10,6-21)15(28)14(13)27/h7-11,13-15,27-28H,1-6H2,(H,23,24,25)/t10-,13-,14+,15+,19+/m1/s1. The summed E-state index contributed by atoms with van der Waals surface area (Å²) in [6, 6.07) is -0.0712. The molecule has 4 saturated carbocycles. The lowest BCUT2D eigenvalue weighted by Gasteiger charge is -2.23. The first-order valence-corrected chi connectivity index (χ1v) is 10.5. The van der Waals surface area contributed by atoms with Crippen molar-refractivity contribution in [1.82, 2.24) is 19.5 Å². The molecule has 3 N–H and O–H groups in total. The maximum atomic E-state index is 13.6. The third-order valence-electron chi connectivity index (χ3n) is 7.38. The SMILES string of the molecule is O[C@H]1[C@H](n2cnc3c(NC(C4CC4)C4CC4)nc(Cl)nc32)[C@H]2C[C@@]2(CF)[C@H]1O. The van der Waals surface area contributed by atoms with Gasteiger partial charge < -0.3 is 20.1 Å². The number of hydrogen-bond donors (Lipinski definition) is 3. The number of nitrogens with zero attached hydrogens (tertiary/aromatic N) is 4. The van der Waals surface area contributed by atoms with Crippen LogP contribution in [-0.2, 0) is 0 Å². The maximum Gasteiger partial charge on any atom is 0.226 e. The van der Waals surface area contributed by atoms with Crippen molar-refractivity contribution < 1.29 is 14.6 Å². The molecule has 0 amide bonds. The lowest BCUT2D eigenvalue weighted by Crippen LogP contribution is -2.35. The molecule has 0 saturated heterocycles. The molecule has 6 rings (SSSR count). The first kappa shape index (κ1) is 17.4. The minimum absolute atomic E-state index is 0.114. The van der Waals surface area contributed by atoms with Crippen LogP contribution in [0.15, 0.2) is 6.33 Å². The molecule has 0 bridgehead atoms. The Hall–Kier alpha value is -1.51. The molecule has 0 radical (unpaired) electrons. The molecule has 0 aliphatic heterocycles. The Morgan fingerprint density at radius 3 is 2.57 bits per heavy atom. The molecule has 4 fully saturated rings. The molecule has 2 aromatic rings. The average Bonchev–Trinajstić information content (AvgIpc) is 3.57. The molecule has 9 heteroatoms. The highest BCUT2D eigenvalue weighted by Crippen LogP contribution is 2.67. The van der Waals surface area contributed by atoms with E-state index in [1.54, 1.807) is 10.9 Å². The van der Waals surface area contributed by atoms with E-state index in [0.717, 1.165) is 0 Å². The molecule has 4 aliphatic carbocycles. The van der Waals surface area contributed by atoms with Gasteiger partial charge in [-0.1, -0.05) is 0 Å². The molecule has 4 aliphatic rings. The van der Waals surface area contributed by atoms with Crippen LogP contribution in [0.2, 0.25) is 5.28 Å². The summed E-state index contributed by atoms with van der Waals surface area (Å²) in [5.41, 5.74) is 0.295. The summed E-state index contributed by atoms with van der Waals surface area (Å²) in [4.78, 5) is 13.3. The van der Waals surface area contributed by atoms with Crippen LogP contribution in [0.4, 0.5) is 10.2 Å². The van der Waals surface area contributed by atoms with Crippen LogP contribution in [0.5, 0.6) is 0 Å². The number of fused-ring (bicyclic) bond motifs is 2. The number of nitrogens with one attached hydrogen (secondary N) is 1. The van der Waals surface area contributed by atoms with E-state index in [2.05, 4.69) is 20.3 Å². The van der Waals surface area contributed by atoms with E-state index in [-0.39, 0.29) is 11.2 Å². The van der Waals surface area contributed by atoms with Crippen molar-refractivity contribution in [1.29, 1.82) is 0 Å². The highest BCUT2D eigenvalue weighted by atomic mass is 35.5. The normalized spacial score (nSPS) is 36.9. The second kappa shape index (κ2) is 5.77. The monoisotopic (exact) mass is 407 g/mol. The number of rotatable bonds is 6. The predicted octanol–water partition coefficient (Wildman–Crippen LogP) is 2.33. The number of aliphatic hydroxyl groups excluding tert-OH is 2. The van der Waals surface area contributed by atoms with Crippen LogP contribution in [-0.4, -0.2) is 54.7 Å². The van der Waals surface area contributed by atoms with Crippen molar-refractivity contribution in [2.24, 2.45) is 23.2 Å². The van der Waals surface area contributed by atoms with Crippen molar-refractivity contribution in [2.75, 3.05) is 12.0 Å². The molecular formula is C19H23ClFN5O2. The number of hydrogen-bond acceptors (Lipinski definition) is 6. The largest absolute Gasteiger partial charge is 0.390 e. The molecule has 5 atom stereocenters. The van der Waals surface area contributed by atoms with Crippen LogP contribution in [0.1, 0.15) is 38.1 Å². The van der Waals surface area contributed by atoms with Crippen molar-refractivity contribution in [2.45, 2.75) is 56.4 Å². The van der Waals surface area contributed by atoms with E-state index in [9.17, 15) is 14.6 Å². The predicted molar refractivity (Wildman–Crippen MR) is 101 cm³/mol. The van der Waals surface area contributed by atoms with Gasteiger partial charge in [0.25, 0.3) is 0 Å². The van der Waals surface area contributed by atoms with Gasteiger partial charge in [-0.05, 0) is 61.5 Å². The van der Waals surface area contributed by atoms with Gasteiger partial charge in [0.2, 0.25) is 5.28 Å². The zero-order valence-corrected chi connectivity index (χ0v) is 16.1. The summed E-state index contributed by atoms with van der Waals surface area (Å²) in [7, 11) is 0. The van der Waals surface area contributed by atoms with Gasteiger partial charge in [0, 0.05) is 11.5 Å². The van der Waals surface area contributed by atoms with Gasteiger partial charge in [0.15, 0.2) is 17.0 Å². The summed E-state index contributed by atoms with van der Waals surface area (Å²) in [5.74, 6) is 1.86. The Bertz CT molecular complexity index is 936. The fourth-order valence-electron chi connectivity index (χ4n) is 5.41. The fraction of sp³-hybridized carbons (Fsp3) is 0.737. The van der Waals surface area contributed by atoms with Gasteiger partial charge in [-0.3, -0.25) is 4.39 Å². The van der Waals surface area contributed by atoms with E-state index >= 15 is 0 Å². The quantitative estimate of drug-likeness (QED) is 0.636. The van der Waals surface area contributed by atoms with Gasteiger partial charge >= 0.3 is 0 Å². The highest BCUT2D eigenvalue weighted by molar-refractivity contribution is 6.28. The van der Waals surface area contributed by atoms with Crippen LogP contribution >= 0.6 is 11.6 Å². The smallest absolute Gasteiger partial charge is 0.226 e. The zero-order chi connectivity index (χ0) is 19.2. The molecule has 2 aromatic heterocycles. The number of anilines is 1. The van der Waals surface area contributed by atoms with E-state index in [0.29, 0.717) is 41.3 Å². The number of aromatic nitrogens is 4. The van der Waals surface area contributed by atoms with E-state index in [4.69, 9.17) is 11.6 Å². The summed E-state index contributed by atoms with van der Waals surface area (Å²) >= 11 is 6.22. The molecular weight excluding hydrogens is 385 g/mol. The van der Waals surface area contributed by atoms with E-state index in [1.165, 1.54) is 25.7 Å². The van der Waals surface area contributed by atoms with Gasteiger partial charge in [0.05, 0.1) is 25.1 Å². The van der Waals surface area contributed by atoms with Crippen molar-refractivity contribution in [3.8, 4) is 0 Å². The van der Waals surface area contributed by atoms with Crippen molar-refractivity contribution >= 4 is 28.6 Å². The van der Waals surface area contributed by atoms with Gasteiger partial charge in [-0.15, -0.1) is 0 Å². The lowest BCUT2D eigenvalue weighted by atomic mass is 10.0. The Kier molecular flexibility index (Phi) is 3.57. The Morgan fingerprint density at radius 2 is 1.96 bits per heavy atom.